The summed E-state index contributed by atoms with van der Waals surface area (Å²) >= 11 is 3.39. The Bertz CT molecular complexity index is 1190. The molecule has 3 N–H and O–H groups in total. The Morgan fingerprint density at radius 2 is 1.97 bits per heavy atom. The molecule has 4 rings (SSSR count). The summed E-state index contributed by atoms with van der Waals surface area (Å²) in [6, 6.07) is 12.8. The first-order valence-electron chi connectivity index (χ1n) is 9.51. The molecular formula is C21H20FN3O3S3. The van der Waals surface area contributed by atoms with Crippen LogP contribution in [0.3, 0.4) is 0 Å². The summed E-state index contributed by atoms with van der Waals surface area (Å²) in [5.41, 5.74) is 2.71. The lowest BCUT2D eigenvalue weighted by Gasteiger charge is -2.19. The summed E-state index contributed by atoms with van der Waals surface area (Å²) in [4.78, 5) is 6.02. The van der Waals surface area contributed by atoms with Crippen molar-refractivity contribution in [1.82, 2.24) is 4.98 Å². The van der Waals surface area contributed by atoms with Crippen molar-refractivity contribution >= 4 is 49.7 Å². The van der Waals surface area contributed by atoms with Gasteiger partial charge < -0.3 is 5.32 Å². The first-order valence-corrected chi connectivity index (χ1v) is 12.8. The number of thiazole rings is 1. The average Bonchev–Trinajstić information content (AvgIpc) is 3.40. The van der Waals surface area contributed by atoms with Gasteiger partial charge in [-0.2, -0.15) is 8.42 Å². The number of rotatable bonds is 8. The van der Waals surface area contributed by atoms with Crippen LogP contribution < -0.4 is 10.0 Å². The number of aromatic nitrogens is 1. The van der Waals surface area contributed by atoms with Gasteiger partial charge in [-0.1, -0.05) is 24.3 Å². The van der Waals surface area contributed by atoms with Crippen molar-refractivity contribution in [3.8, 4) is 0 Å². The molecule has 6 nitrogen and oxygen atoms in total. The molecule has 3 aromatic rings. The highest BCUT2D eigenvalue weighted by molar-refractivity contribution is 8.08. The van der Waals surface area contributed by atoms with Crippen LogP contribution in [0.4, 0.5) is 15.8 Å². The Morgan fingerprint density at radius 1 is 1.16 bits per heavy atom. The molecule has 0 aliphatic carbocycles. The van der Waals surface area contributed by atoms with Gasteiger partial charge >= 0.3 is 10.3 Å². The molecule has 1 aromatic heterocycles. The van der Waals surface area contributed by atoms with Crippen LogP contribution in [-0.2, 0) is 16.7 Å². The molecule has 0 saturated heterocycles. The monoisotopic (exact) mass is 477 g/mol. The topological polar surface area (TPSA) is 91.3 Å². The van der Waals surface area contributed by atoms with E-state index in [1.54, 1.807) is 59.5 Å². The van der Waals surface area contributed by atoms with Crippen molar-refractivity contribution < 1.29 is 17.4 Å². The van der Waals surface area contributed by atoms with E-state index in [9.17, 15) is 12.8 Å². The highest BCUT2D eigenvalue weighted by Gasteiger charge is 2.19. The molecule has 0 saturated carbocycles. The van der Waals surface area contributed by atoms with Crippen molar-refractivity contribution in [3.05, 3.63) is 82.1 Å². The number of allylic oxidation sites excluding steroid dienone is 1. The van der Waals surface area contributed by atoms with Crippen LogP contribution in [-0.4, -0.2) is 23.7 Å². The van der Waals surface area contributed by atoms with Gasteiger partial charge in [0.2, 0.25) is 0 Å². The van der Waals surface area contributed by atoms with Crippen LogP contribution in [0.5, 0.6) is 0 Å². The summed E-state index contributed by atoms with van der Waals surface area (Å²) in [5, 5.41) is 6.36. The van der Waals surface area contributed by atoms with Crippen LogP contribution in [0.15, 0.2) is 60.0 Å². The van der Waals surface area contributed by atoms with Crippen molar-refractivity contribution in [2.24, 2.45) is 0 Å². The summed E-state index contributed by atoms with van der Waals surface area (Å²) in [5.74, 6) is 0.745. The van der Waals surface area contributed by atoms with E-state index in [1.807, 2.05) is 10.1 Å². The largest absolute Gasteiger partial charge is 0.376 e. The van der Waals surface area contributed by atoms with Gasteiger partial charge in [0.25, 0.3) is 0 Å². The lowest BCUT2D eigenvalue weighted by molar-refractivity contribution is 0.489. The zero-order valence-electron chi connectivity index (χ0n) is 16.3. The van der Waals surface area contributed by atoms with Crippen molar-refractivity contribution in [2.75, 3.05) is 15.8 Å². The van der Waals surface area contributed by atoms with Crippen LogP contribution >= 0.6 is 23.1 Å². The Morgan fingerprint density at radius 3 is 2.65 bits per heavy atom. The zero-order chi connectivity index (χ0) is 21.8. The molecule has 0 fully saturated rings. The molecule has 2 aromatic carbocycles. The van der Waals surface area contributed by atoms with E-state index >= 15 is 0 Å². The second-order valence-electron chi connectivity index (χ2n) is 6.97. The zero-order valence-corrected chi connectivity index (χ0v) is 18.7. The highest BCUT2D eigenvalue weighted by atomic mass is 32.2. The normalized spacial score (nSPS) is 14.8. The number of hydrogen-bond acceptors (Lipinski definition) is 6. The number of hydrogen-bond donors (Lipinski definition) is 3. The van der Waals surface area contributed by atoms with E-state index in [0.29, 0.717) is 12.1 Å². The third kappa shape index (κ3) is 6.07. The molecular weight excluding hydrogens is 457 g/mol. The second kappa shape index (κ2) is 9.39. The first-order chi connectivity index (χ1) is 14.9. The summed E-state index contributed by atoms with van der Waals surface area (Å²) in [6.07, 6.45) is 3.80. The van der Waals surface area contributed by atoms with Crippen molar-refractivity contribution in [2.45, 2.75) is 18.9 Å². The minimum Gasteiger partial charge on any atom is -0.376 e. The van der Waals surface area contributed by atoms with Gasteiger partial charge in [0.1, 0.15) is 10.8 Å². The van der Waals surface area contributed by atoms with E-state index in [4.69, 9.17) is 9.54 Å². The molecule has 1 aliphatic rings. The number of nitrogens with zero attached hydrogens (tertiary/aromatic N) is 1. The fourth-order valence-corrected chi connectivity index (χ4v) is 5.65. The number of anilines is 2. The smallest absolute Gasteiger partial charge is 0.357 e. The van der Waals surface area contributed by atoms with Gasteiger partial charge in [-0.05, 0) is 48.7 Å². The van der Waals surface area contributed by atoms with Gasteiger partial charge in [-0.15, -0.1) is 23.1 Å². The fraction of sp³-hybridized carbons (Fsp3) is 0.190. The third-order valence-corrected chi connectivity index (χ3v) is 7.23. The quantitative estimate of drug-likeness (QED) is 0.378. The highest BCUT2D eigenvalue weighted by Crippen LogP contribution is 2.37. The van der Waals surface area contributed by atoms with Crippen molar-refractivity contribution in [1.29, 1.82) is 0 Å². The Hall–Kier alpha value is -2.40. The number of nitrogens with one attached hydrogen (secondary N) is 2. The van der Waals surface area contributed by atoms with Crippen LogP contribution in [0.25, 0.3) is 4.91 Å². The average molecular weight is 478 g/mol. The molecule has 2 heterocycles. The summed E-state index contributed by atoms with van der Waals surface area (Å²) in [7, 11) is -4.32. The lowest BCUT2D eigenvalue weighted by Crippen LogP contribution is -2.15. The Balaban J connectivity index is 1.58. The second-order valence-corrected chi connectivity index (χ2v) is 10.1. The predicted octanol–water partition coefficient (Wildman–Crippen LogP) is 5.37. The van der Waals surface area contributed by atoms with Gasteiger partial charge in [-0.3, -0.25) is 9.27 Å². The fourth-order valence-electron chi connectivity index (χ4n) is 3.23. The molecule has 1 aliphatic heterocycles. The maximum absolute atomic E-state index is 13.7. The molecule has 10 heteroatoms. The molecule has 0 unspecified atom stereocenters. The van der Waals surface area contributed by atoms with E-state index in [-0.39, 0.29) is 17.5 Å². The molecule has 0 bridgehead atoms. The van der Waals surface area contributed by atoms with Gasteiger partial charge in [0.05, 0.1) is 17.4 Å². The number of halogens is 1. The lowest BCUT2D eigenvalue weighted by atomic mass is 10.0. The van der Waals surface area contributed by atoms with Gasteiger partial charge in [0.15, 0.2) is 0 Å². The molecule has 31 heavy (non-hydrogen) atoms. The maximum atomic E-state index is 13.7. The van der Waals surface area contributed by atoms with Gasteiger partial charge in [-0.25, -0.2) is 9.37 Å². The molecule has 1 atom stereocenters. The number of benzene rings is 2. The number of thioether (sulfide) groups is 1. The minimum atomic E-state index is -4.32. The van der Waals surface area contributed by atoms with Crippen LogP contribution in [0, 0.1) is 5.82 Å². The third-order valence-electron chi connectivity index (χ3n) is 4.60. The van der Waals surface area contributed by atoms with E-state index in [2.05, 4.69) is 11.4 Å². The Labute approximate surface area is 188 Å². The van der Waals surface area contributed by atoms with Crippen LogP contribution in [0.1, 0.15) is 28.7 Å². The molecule has 0 radical (unpaired) electrons. The van der Waals surface area contributed by atoms with E-state index < -0.39 is 10.3 Å². The van der Waals surface area contributed by atoms with Gasteiger partial charge in [0, 0.05) is 21.7 Å². The maximum Gasteiger partial charge on any atom is 0.357 e. The van der Waals surface area contributed by atoms with E-state index in [0.717, 1.165) is 28.4 Å². The minimum absolute atomic E-state index is 0.209. The Kier molecular flexibility index (Phi) is 6.61. The summed E-state index contributed by atoms with van der Waals surface area (Å²) in [6.45, 7) is 0. The standard InChI is InChI=1S/C21H20FN3O3S3/c22-15-3-1-4-17(12-15)23-18(19-13-30-21(24-19)20-5-2-10-29-20)11-14-6-8-16(9-7-14)25-31(26,27)28/h1,3-9,12-13,18,23,25H,2,10-11H2,(H,26,27,28)/t18-/m0/s1. The molecule has 0 spiro atoms. The van der Waals surface area contributed by atoms with Crippen molar-refractivity contribution in [3.63, 3.8) is 0 Å². The molecule has 162 valence electrons. The first kappa shape index (κ1) is 21.8. The molecule has 0 amide bonds. The van der Waals surface area contributed by atoms with E-state index in [1.165, 1.54) is 17.0 Å². The predicted molar refractivity (Wildman–Crippen MR) is 125 cm³/mol. The SMILES string of the molecule is O=S(=O)(O)Nc1ccc(C[C@H](Nc2cccc(F)c2)c2csc(C3=CCCS3)n2)cc1. The van der Waals surface area contributed by atoms with Crippen LogP contribution in [0.2, 0.25) is 0 Å². The summed E-state index contributed by atoms with van der Waals surface area (Å²) < 4.78 is 46.6.